The lowest BCUT2D eigenvalue weighted by Crippen LogP contribution is -2.08. The van der Waals surface area contributed by atoms with Gasteiger partial charge in [0.05, 0.1) is 6.10 Å². The highest BCUT2D eigenvalue weighted by atomic mass is 16.5. The van der Waals surface area contributed by atoms with Crippen LogP contribution in [0.2, 0.25) is 0 Å². The van der Waals surface area contributed by atoms with E-state index in [2.05, 4.69) is 6.58 Å². The maximum atomic E-state index is 10.8. The first-order chi connectivity index (χ1) is 5.16. The van der Waals surface area contributed by atoms with Crippen molar-refractivity contribution in [1.82, 2.24) is 0 Å². The Morgan fingerprint density at radius 2 is 2.27 bits per heavy atom. The van der Waals surface area contributed by atoms with Crippen molar-refractivity contribution in [1.29, 1.82) is 0 Å². The Morgan fingerprint density at radius 3 is 2.73 bits per heavy atom. The fraction of sp³-hybridized carbons (Fsp3) is 0.444. The second-order valence-electron chi connectivity index (χ2n) is 2.41. The van der Waals surface area contributed by atoms with Gasteiger partial charge in [0.15, 0.2) is 0 Å². The monoisotopic (exact) mass is 154 g/mol. The van der Waals surface area contributed by atoms with E-state index in [1.807, 2.05) is 13.8 Å². The average molecular weight is 154 g/mol. The van der Waals surface area contributed by atoms with Crippen LogP contribution in [0.4, 0.5) is 0 Å². The number of carbonyl (C=O) groups excluding carboxylic acids is 1. The molecule has 0 saturated heterocycles. The van der Waals surface area contributed by atoms with E-state index < -0.39 is 0 Å². The summed E-state index contributed by atoms with van der Waals surface area (Å²) >= 11 is 0. The first-order valence-corrected chi connectivity index (χ1v) is 3.65. The molecule has 2 heteroatoms. The van der Waals surface area contributed by atoms with Crippen molar-refractivity contribution in [2.24, 2.45) is 0 Å². The van der Waals surface area contributed by atoms with Crippen LogP contribution in [0, 0.1) is 0 Å². The standard InChI is InChI=1S/C9H14O2/c1-4-5-6-7-9(10)11-8(2)3/h4,6-8H,1,5H2,2-3H3/b7-6-. The van der Waals surface area contributed by atoms with Crippen LogP contribution >= 0.6 is 0 Å². The van der Waals surface area contributed by atoms with Crippen molar-refractivity contribution in [2.75, 3.05) is 0 Å². The third kappa shape index (κ3) is 6.84. The van der Waals surface area contributed by atoms with E-state index in [0.29, 0.717) is 6.42 Å². The Labute approximate surface area is 67.6 Å². The second kappa shape index (κ2) is 5.71. The van der Waals surface area contributed by atoms with Crippen LogP contribution in [0.5, 0.6) is 0 Å². The van der Waals surface area contributed by atoms with Crippen LogP contribution in [-0.4, -0.2) is 12.1 Å². The number of carbonyl (C=O) groups is 1. The summed E-state index contributed by atoms with van der Waals surface area (Å²) in [4.78, 5) is 10.8. The Bertz CT molecular complexity index is 157. The summed E-state index contributed by atoms with van der Waals surface area (Å²) in [6.45, 7) is 7.15. The summed E-state index contributed by atoms with van der Waals surface area (Å²) < 4.78 is 4.84. The topological polar surface area (TPSA) is 26.3 Å². The zero-order chi connectivity index (χ0) is 8.69. The zero-order valence-electron chi connectivity index (χ0n) is 7.04. The molecule has 0 aliphatic rings. The van der Waals surface area contributed by atoms with E-state index in [9.17, 15) is 4.79 Å². The molecule has 0 aromatic carbocycles. The maximum Gasteiger partial charge on any atom is 0.330 e. The van der Waals surface area contributed by atoms with Gasteiger partial charge in [0.1, 0.15) is 0 Å². The fourth-order valence-corrected chi connectivity index (χ4v) is 0.532. The van der Waals surface area contributed by atoms with Gasteiger partial charge in [-0.25, -0.2) is 4.79 Å². The summed E-state index contributed by atoms with van der Waals surface area (Å²) in [6.07, 6.45) is 5.52. The Balaban J connectivity index is 3.59. The van der Waals surface area contributed by atoms with E-state index in [0.717, 1.165) is 0 Å². The molecule has 0 atom stereocenters. The number of allylic oxidation sites excluding steroid dienone is 2. The van der Waals surface area contributed by atoms with E-state index in [-0.39, 0.29) is 12.1 Å². The van der Waals surface area contributed by atoms with Gasteiger partial charge in [0.25, 0.3) is 0 Å². The number of hydrogen-bond acceptors (Lipinski definition) is 2. The smallest absolute Gasteiger partial charge is 0.330 e. The van der Waals surface area contributed by atoms with Crippen LogP contribution in [-0.2, 0) is 9.53 Å². The minimum atomic E-state index is -0.290. The molecule has 0 bridgehead atoms. The summed E-state index contributed by atoms with van der Waals surface area (Å²) in [7, 11) is 0. The van der Waals surface area contributed by atoms with Gasteiger partial charge in [-0.1, -0.05) is 12.2 Å². The molecule has 0 aliphatic carbocycles. The number of hydrogen-bond donors (Lipinski definition) is 0. The van der Waals surface area contributed by atoms with Crippen molar-refractivity contribution < 1.29 is 9.53 Å². The first kappa shape index (κ1) is 9.95. The largest absolute Gasteiger partial charge is 0.460 e. The minimum Gasteiger partial charge on any atom is -0.460 e. The molecule has 0 saturated carbocycles. The molecular formula is C9H14O2. The van der Waals surface area contributed by atoms with Crippen LogP contribution < -0.4 is 0 Å². The molecule has 0 spiro atoms. The van der Waals surface area contributed by atoms with Gasteiger partial charge in [0, 0.05) is 6.08 Å². The predicted octanol–water partition coefficient (Wildman–Crippen LogP) is 2.07. The minimum absolute atomic E-state index is 0.0455. The Morgan fingerprint density at radius 1 is 1.64 bits per heavy atom. The predicted molar refractivity (Wildman–Crippen MR) is 45.2 cm³/mol. The highest BCUT2D eigenvalue weighted by Crippen LogP contribution is 1.91. The number of rotatable bonds is 4. The van der Waals surface area contributed by atoms with Crippen molar-refractivity contribution in [3.05, 3.63) is 24.8 Å². The highest BCUT2D eigenvalue weighted by Gasteiger charge is 1.97. The van der Waals surface area contributed by atoms with Crippen molar-refractivity contribution in [3.63, 3.8) is 0 Å². The molecule has 2 nitrogen and oxygen atoms in total. The zero-order valence-corrected chi connectivity index (χ0v) is 7.04. The van der Waals surface area contributed by atoms with Crippen molar-refractivity contribution in [2.45, 2.75) is 26.4 Å². The van der Waals surface area contributed by atoms with Gasteiger partial charge in [-0.2, -0.15) is 0 Å². The molecule has 0 aromatic heterocycles. The molecule has 0 amide bonds. The maximum absolute atomic E-state index is 10.8. The average Bonchev–Trinajstić information content (AvgIpc) is 1.86. The van der Waals surface area contributed by atoms with Crippen LogP contribution in [0.1, 0.15) is 20.3 Å². The van der Waals surface area contributed by atoms with Crippen LogP contribution in [0.3, 0.4) is 0 Å². The van der Waals surface area contributed by atoms with Gasteiger partial charge in [-0.15, -0.1) is 6.58 Å². The molecule has 0 aromatic rings. The third-order valence-electron chi connectivity index (χ3n) is 0.909. The van der Waals surface area contributed by atoms with Gasteiger partial charge in [-0.3, -0.25) is 0 Å². The van der Waals surface area contributed by atoms with E-state index in [1.54, 1.807) is 12.2 Å². The van der Waals surface area contributed by atoms with Crippen LogP contribution in [0.25, 0.3) is 0 Å². The molecule has 0 rings (SSSR count). The molecule has 11 heavy (non-hydrogen) atoms. The normalized spacial score (nSPS) is 10.5. The van der Waals surface area contributed by atoms with Crippen molar-refractivity contribution in [3.8, 4) is 0 Å². The van der Waals surface area contributed by atoms with E-state index >= 15 is 0 Å². The first-order valence-electron chi connectivity index (χ1n) is 3.65. The fourth-order valence-electron chi connectivity index (χ4n) is 0.532. The SMILES string of the molecule is C=CC/C=C\C(=O)OC(C)C. The molecule has 0 heterocycles. The van der Waals surface area contributed by atoms with Gasteiger partial charge >= 0.3 is 5.97 Å². The summed E-state index contributed by atoms with van der Waals surface area (Å²) in [6, 6.07) is 0. The lowest BCUT2D eigenvalue weighted by Gasteiger charge is -2.03. The Kier molecular flexibility index (Phi) is 5.17. The molecule has 0 N–H and O–H groups in total. The molecule has 0 aliphatic heterocycles. The van der Waals surface area contributed by atoms with Crippen LogP contribution in [0.15, 0.2) is 24.8 Å². The van der Waals surface area contributed by atoms with E-state index in [4.69, 9.17) is 4.74 Å². The van der Waals surface area contributed by atoms with E-state index in [1.165, 1.54) is 6.08 Å². The summed E-state index contributed by atoms with van der Waals surface area (Å²) in [5.74, 6) is -0.290. The molecule has 0 unspecified atom stereocenters. The molecular weight excluding hydrogens is 140 g/mol. The van der Waals surface area contributed by atoms with Crippen molar-refractivity contribution >= 4 is 5.97 Å². The lowest BCUT2D eigenvalue weighted by atomic mass is 10.4. The molecule has 62 valence electrons. The van der Waals surface area contributed by atoms with Gasteiger partial charge in [0.2, 0.25) is 0 Å². The summed E-state index contributed by atoms with van der Waals surface area (Å²) in [5, 5.41) is 0. The lowest BCUT2D eigenvalue weighted by molar-refractivity contribution is -0.141. The third-order valence-corrected chi connectivity index (χ3v) is 0.909. The number of esters is 1. The Hall–Kier alpha value is -1.05. The second-order valence-corrected chi connectivity index (χ2v) is 2.41. The number of ether oxygens (including phenoxy) is 1. The molecule has 0 fully saturated rings. The summed E-state index contributed by atoms with van der Waals surface area (Å²) in [5.41, 5.74) is 0. The molecule has 0 radical (unpaired) electrons. The van der Waals surface area contributed by atoms with Gasteiger partial charge < -0.3 is 4.74 Å². The van der Waals surface area contributed by atoms with Gasteiger partial charge in [-0.05, 0) is 20.3 Å². The quantitative estimate of drug-likeness (QED) is 0.352. The highest BCUT2D eigenvalue weighted by molar-refractivity contribution is 5.81.